The predicted molar refractivity (Wildman–Crippen MR) is 78.4 cm³/mol. The maximum atomic E-state index is 12.3. The van der Waals surface area contributed by atoms with Crippen LogP contribution in [0.15, 0.2) is 53.3 Å². The molecule has 0 saturated heterocycles. The Hall–Kier alpha value is -0.750. The van der Waals surface area contributed by atoms with Crippen molar-refractivity contribution in [3.63, 3.8) is 0 Å². The molecule has 6 heteroatoms. The maximum absolute atomic E-state index is 12.3. The third-order valence-corrected chi connectivity index (χ3v) is 3.46. The number of benzene rings is 1. The van der Waals surface area contributed by atoms with Crippen molar-refractivity contribution < 1.29 is 31.8 Å². The topological polar surface area (TPSA) is 52.5 Å². The molecule has 1 unspecified atom stereocenters. The van der Waals surface area contributed by atoms with E-state index >= 15 is 0 Å². The summed E-state index contributed by atoms with van der Waals surface area (Å²) in [6, 6.07) is 10.5. The molecule has 0 amide bonds. The van der Waals surface area contributed by atoms with Crippen molar-refractivity contribution in [1.82, 2.24) is 0 Å². The van der Waals surface area contributed by atoms with Crippen LogP contribution in [-0.2, 0) is 0 Å². The van der Waals surface area contributed by atoms with E-state index in [2.05, 4.69) is 15.9 Å². The van der Waals surface area contributed by atoms with E-state index in [4.69, 9.17) is 11.6 Å². The lowest BCUT2D eigenvalue weighted by molar-refractivity contribution is -0.705. The largest absolute Gasteiger partial charge is 1.00 e. The van der Waals surface area contributed by atoms with Crippen LogP contribution < -0.4 is 21.5 Å². The summed E-state index contributed by atoms with van der Waals surface area (Å²) in [6.45, 7) is 1.88. The fourth-order valence-corrected chi connectivity index (χ4v) is 2.21. The number of ketones is 1. The molecular formula is C14H14Br2ClNO2. The van der Waals surface area contributed by atoms with E-state index in [-0.39, 0.29) is 34.3 Å². The molecule has 0 spiro atoms. The number of nitrogens with zero attached hydrogens (tertiary/aromatic N) is 1. The minimum atomic E-state index is -0.247. The molecule has 0 bridgehead atoms. The second-order valence-electron chi connectivity index (χ2n) is 4.02. The van der Waals surface area contributed by atoms with Gasteiger partial charge in [-0.25, -0.2) is 0 Å². The van der Waals surface area contributed by atoms with Crippen molar-refractivity contribution in [2.45, 2.75) is 13.0 Å². The zero-order valence-corrected chi connectivity index (χ0v) is 14.6. The van der Waals surface area contributed by atoms with Gasteiger partial charge in [0.2, 0.25) is 11.8 Å². The molecule has 2 N–H and O–H groups in total. The minimum absolute atomic E-state index is 0. The predicted octanol–water partition coefficient (Wildman–Crippen LogP) is 0.0132. The quantitative estimate of drug-likeness (QED) is 0.507. The van der Waals surface area contributed by atoms with Gasteiger partial charge in [-0.1, -0.05) is 11.6 Å². The number of carbonyl (C=O) groups is 1. The van der Waals surface area contributed by atoms with Gasteiger partial charge in [-0.05, 0) is 46.3 Å². The smallest absolute Gasteiger partial charge is 0.230 e. The van der Waals surface area contributed by atoms with Gasteiger partial charge in [0.15, 0.2) is 12.4 Å². The third kappa shape index (κ3) is 4.66. The van der Waals surface area contributed by atoms with Crippen molar-refractivity contribution in [3.8, 4) is 0 Å². The Morgan fingerprint density at radius 2 is 1.85 bits per heavy atom. The van der Waals surface area contributed by atoms with E-state index in [9.17, 15) is 4.79 Å². The SMILES string of the molecule is CC(C(=O)c1ccc(Cl)cc1)[n+]1cccc(Br)c1.O.[Br-]. The molecule has 0 aliphatic heterocycles. The Morgan fingerprint density at radius 1 is 1.25 bits per heavy atom. The highest BCUT2D eigenvalue weighted by molar-refractivity contribution is 9.10. The lowest BCUT2D eigenvalue weighted by Crippen LogP contribution is -3.00. The number of hydrogen-bond acceptors (Lipinski definition) is 1. The van der Waals surface area contributed by atoms with Crippen LogP contribution in [0.5, 0.6) is 0 Å². The number of aromatic nitrogens is 1. The van der Waals surface area contributed by atoms with E-state index in [0.717, 1.165) is 4.47 Å². The van der Waals surface area contributed by atoms with Crippen molar-refractivity contribution >= 4 is 33.3 Å². The standard InChI is InChI=1S/C14H12BrClNO.BrH.H2O/c1-10(17-8-2-3-12(15)9-17)14(18)11-4-6-13(16)7-5-11;;/h2-10H,1H3;1H;1H2/q+1;;/p-1. The molecule has 1 heterocycles. The van der Waals surface area contributed by atoms with E-state index in [0.29, 0.717) is 10.6 Å². The number of halogens is 3. The van der Waals surface area contributed by atoms with Crippen LogP contribution >= 0.6 is 27.5 Å². The van der Waals surface area contributed by atoms with Gasteiger partial charge in [0, 0.05) is 23.6 Å². The number of rotatable bonds is 3. The summed E-state index contributed by atoms with van der Waals surface area (Å²) < 4.78 is 2.82. The third-order valence-electron chi connectivity index (χ3n) is 2.74. The molecule has 1 aromatic heterocycles. The molecule has 1 atom stereocenters. The fraction of sp³-hybridized carbons (Fsp3) is 0.143. The van der Waals surface area contributed by atoms with E-state index in [1.54, 1.807) is 24.3 Å². The van der Waals surface area contributed by atoms with Crippen LogP contribution in [0.1, 0.15) is 23.3 Å². The Bertz CT molecular complexity index is 576. The molecule has 2 rings (SSSR count). The number of hydrogen-bond donors (Lipinski definition) is 0. The first-order valence-corrected chi connectivity index (χ1v) is 6.71. The molecular weight excluding hydrogens is 409 g/mol. The summed E-state index contributed by atoms with van der Waals surface area (Å²) in [7, 11) is 0. The van der Waals surface area contributed by atoms with Gasteiger partial charge in [0.25, 0.3) is 0 Å². The average Bonchev–Trinajstić information content (AvgIpc) is 2.38. The van der Waals surface area contributed by atoms with Gasteiger partial charge in [-0.2, -0.15) is 4.57 Å². The van der Waals surface area contributed by atoms with Crippen LogP contribution in [0.3, 0.4) is 0 Å². The van der Waals surface area contributed by atoms with Crippen LogP contribution in [0.25, 0.3) is 0 Å². The summed E-state index contributed by atoms with van der Waals surface area (Å²) in [5, 5.41) is 0.634. The molecule has 20 heavy (non-hydrogen) atoms. The molecule has 3 nitrogen and oxygen atoms in total. The second-order valence-corrected chi connectivity index (χ2v) is 5.37. The lowest BCUT2D eigenvalue weighted by atomic mass is 10.1. The Morgan fingerprint density at radius 3 is 2.40 bits per heavy atom. The van der Waals surface area contributed by atoms with Crippen molar-refractivity contribution in [3.05, 3.63) is 63.9 Å². The Labute approximate surface area is 141 Å². The summed E-state index contributed by atoms with van der Waals surface area (Å²) in [4.78, 5) is 12.3. The highest BCUT2D eigenvalue weighted by Gasteiger charge is 2.23. The highest BCUT2D eigenvalue weighted by atomic mass is 79.9. The Kier molecular flexibility index (Phi) is 8.20. The number of pyridine rings is 1. The summed E-state index contributed by atoms with van der Waals surface area (Å²) >= 11 is 9.21. The Balaban J connectivity index is 0.00000180. The molecule has 2 aromatic rings. The summed E-state index contributed by atoms with van der Waals surface area (Å²) in [5.41, 5.74) is 0.666. The summed E-state index contributed by atoms with van der Waals surface area (Å²) in [5.74, 6) is 0.0646. The number of Topliss-reactive ketones (excluding diaryl/α,β-unsaturated/α-hetero) is 1. The minimum Gasteiger partial charge on any atom is -1.00 e. The molecule has 0 aliphatic carbocycles. The van der Waals surface area contributed by atoms with Gasteiger partial charge in [0.05, 0.1) is 4.47 Å². The first kappa shape index (κ1) is 19.2. The first-order chi connectivity index (χ1) is 8.58. The normalized spacial score (nSPS) is 10.9. The van der Waals surface area contributed by atoms with Gasteiger partial charge in [0.1, 0.15) is 0 Å². The van der Waals surface area contributed by atoms with Crippen LogP contribution in [0, 0.1) is 0 Å². The molecule has 0 radical (unpaired) electrons. The maximum Gasteiger partial charge on any atom is 0.230 e. The number of carbonyl (C=O) groups excluding carboxylic acids is 1. The fourth-order valence-electron chi connectivity index (χ4n) is 1.69. The molecule has 0 fully saturated rings. The van der Waals surface area contributed by atoms with Crippen LogP contribution in [0.2, 0.25) is 5.02 Å². The van der Waals surface area contributed by atoms with Gasteiger partial charge < -0.3 is 22.5 Å². The molecule has 0 saturated carbocycles. The van der Waals surface area contributed by atoms with Gasteiger partial charge in [-0.15, -0.1) is 0 Å². The van der Waals surface area contributed by atoms with Gasteiger partial charge >= 0.3 is 0 Å². The van der Waals surface area contributed by atoms with Crippen LogP contribution in [-0.4, -0.2) is 11.3 Å². The zero-order valence-electron chi connectivity index (χ0n) is 10.7. The van der Waals surface area contributed by atoms with Crippen molar-refractivity contribution in [2.24, 2.45) is 0 Å². The lowest BCUT2D eigenvalue weighted by Gasteiger charge is -2.06. The molecule has 1 aromatic carbocycles. The van der Waals surface area contributed by atoms with E-state index in [1.165, 1.54) is 0 Å². The van der Waals surface area contributed by atoms with E-state index in [1.807, 2.05) is 36.0 Å². The molecule has 108 valence electrons. The average molecular weight is 424 g/mol. The zero-order chi connectivity index (χ0) is 13.1. The van der Waals surface area contributed by atoms with E-state index < -0.39 is 0 Å². The first-order valence-electron chi connectivity index (χ1n) is 5.54. The summed E-state index contributed by atoms with van der Waals surface area (Å²) in [6.07, 6.45) is 3.77. The highest BCUT2D eigenvalue weighted by Crippen LogP contribution is 2.14. The molecule has 0 aliphatic rings. The van der Waals surface area contributed by atoms with Crippen molar-refractivity contribution in [2.75, 3.05) is 0 Å². The monoisotopic (exact) mass is 421 g/mol. The van der Waals surface area contributed by atoms with Crippen LogP contribution in [0.4, 0.5) is 0 Å². The van der Waals surface area contributed by atoms with Crippen molar-refractivity contribution in [1.29, 1.82) is 0 Å². The van der Waals surface area contributed by atoms with Gasteiger partial charge in [-0.3, -0.25) is 4.79 Å². The second kappa shape index (κ2) is 8.52.